The van der Waals surface area contributed by atoms with E-state index in [0.717, 1.165) is 57.7 Å². The van der Waals surface area contributed by atoms with E-state index in [-0.39, 0.29) is 10.6 Å². The number of hydrogen-bond acceptors (Lipinski definition) is 3. The fourth-order valence-corrected chi connectivity index (χ4v) is 5.79. The molecule has 0 fully saturated rings. The van der Waals surface area contributed by atoms with Gasteiger partial charge in [0.2, 0.25) is 0 Å². The molecule has 4 aromatic carbocycles. The fraction of sp³-hybridized carbons (Fsp3) is 0.167. The maximum absolute atomic E-state index is 11.4. The van der Waals surface area contributed by atoms with Crippen LogP contribution in [-0.4, -0.2) is 24.9 Å². The van der Waals surface area contributed by atoms with Crippen molar-refractivity contribution in [3.63, 3.8) is 0 Å². The summed E-state index contributed by atoms with van der Waals surface area (Å²) in [6, 6.07) is 21.6. The molecule has 0 aliphatic carbocycles. The largest absolute Gasteiger partial charge is 0.354 e. The molecule has 37 heavy (non-hydrogen) atoms. The van der Waals surface area contributed by atoms with Crippen LogP contribution in [0.3, 0.4) is 0 Å². The SMILES string of the molecule is CCCCCc1c2[nH]c3ccccc3c2c(-c2nc3ccc([N+](=O)[O-])cc3[nH]2)c2[nH]c3ccccc3c12. The van der Waals surface area contributed by atoms with Crippen molar-refractivity contribution in [3.8, 4) is 11.4 Å². The summed E-state index contributed by atoms with van der Waals surface area (Å²) >= 11 is 0. The number of aromatic nitrogens is 4. The highest BCUT2D eigenvalue weighted by Gasteiger charge is 2.24. The van der Waals surface area contributed by atoms with Crippen LogP contribution in [0.4, 0.5) is 5.69 Å². The lowest BCUT2D eigenvalue weighted by molar-refractivity contribution is -0.384. The molecule has 7 aromatic rings. The molecule has 0 saturated heterocycles. The van der Waals surface area contributed by atoms with Crippen LogP contribution in [-0.2, 0) is 6.42 Å². The molecule has 3 heterocycles. The predicted molar refractivity (Wildman–Crippen MR) is 150 cm³/mol. The van der Waals surface area contributed by atoms with Crippen LogP contribution >= 0.6 is 0 Å². The number of unbranched alkanes of at least 4 members (excludes halogenated alkanes) is 2. The number of aromatic amines is 3. The number of para-hydroxylation sites is 2. The van der Waals surface area contributed by atoms with Crippen molar-refractivity contribution in [1.82, 2.24) is 19.9 Å². The first kappa shape index (κ1) is 21.6. The number of nitro benzene ring substituents is 1. The van der Waals surface area contributed by atoms with Crippen molar-refractivity contribution >= 4 is 60.3 Å². The second-order valence-corrected chi connectivity index (χ2v) is 9.70. The summed E-state index contributed by atoms with van der Waals surface area (Å²) in [7, 11) is 0. The summed E-state index contributed by atoms with van der Waals surface area (Å²) in [6.07, 6.45) is 4.43. The van der Waals surface area contributed by atoms with Crippen LogP contribution in [0, 0.1) is 10.1 Å². The number of aryl methyl sites for hydroxylation is 1. The lowest BCUT2D eigenvalue weighted by Gasteiger charge is -2.11. The number of nitrogens with one attached hydrogen (secondary N) is 3. The number of nitro groups is 1. The third kappa shape index (κ3) is 3.24. The molecular formula is C30H25N5O2. The molecule has 0 bridgehead atoms. The van der Waals surface area contributed by atoms with E-state index in [2.05, 4.69) is 70.4 Å². The van der Waals surface area contributed by atoms with E-state index in [4.69, 9.17) is 4.98 Å². The van der Waals surface area contributed by atoms with Crippen LogP contribution in [0.1, 0.15) is 31.7 Å². The third-order valence-corrected chi connectivity index (χ3v) is 7.46. The van der Waals surface area contributed by atoms with Gasteiger partial charge in [-0.15, -0.1) is 0 Å². The molecule has 182 valence electrons. The van der Waals surface area contributed by atoms with Crippen molar-refractivity contribution in [1.29, 1.82) is 0 Å². The van der Waals surface area contributed by atoms with E-state index in [9.17, 15) is 10.1 Å². The zero-order valence-corrected chi connectivity index (χ0v) is 20.4. The average molecular weight is 488 g/mol. The number of benzene rings is 4. The second-order valence-electron chi connectivity index (χ2n) is 9.70. The van der Waals surface area contributed by atoms with Gasteiger partial charge in [-0.2, -0.15) is 0 Å². The zero-order valence-electron chi connectivity index (χ0n) is 20.4. The van der Waals surface area contributed by atoms with Crippen LogP contribution in [0.2, 0.25) is 0 Å². The van der Waals surface area contributed by atoms with Gasteiger partial charge in [-0.05, 0) is 36.6 Å². The Morgan fingerprint density at radius 2 is 1.51 bits per heavy atom. The minimum Gasteiger partial charge on any atom is -0.354 e. The number of fused-ring (bicyclic) bond motifs is 7. The van der Waals surface area contributed by atoms with Gasteiger partial charge in [0.15, 0.2) is 0 Å². The molecule has 0 spiro atoms. The average Bonchev–Trinajstić information content (AvgIpc) is 3.61. The molecular weight excluding hydrogens is 462 g/mol. The highest BCUT2D eigenvalue weighted by atomic mass is 16.6. The summed E-state index contributed by atoms with van der Waals surface area (Å²) in [5, 5.41) is 16.1. The third-order valence-electron chi connectivity index (χ3n) is 7.46. The Hall–Kier alpha value is -4.65. The van der Waals surface area contributed by atoms with Crippen molar-refractivity contribution < 1.29 is 4.92 Å². The minimum atomic E-state index is -0.376. The Morgan fingerprint density at radius 3 is 2.24 bits per heavy atom. The summed E-state index contributed by atoms with van der Waals surface area (Å²) in [6.45, 7) is 2.23. The number of H-pyrrole nitrogens is 3. The zero-order chi connectivity index (χ0) is 25.1. The maximum Gasteiger partial charge on any atom is 0.271 e. The van der Waals surface area contributed by atoms with E-state index in [1.807, 2.05) is 0 Å². The Labute approximate surface area is 211 Å². The molecule has 7 nitrogen and oxygen atoms in total. The quantitative estimate of drug-likeness (QED) is 0.125. The first-order valence-electron chi connectivity index (χ1n) is 12.7. The van der Waals surface area contributed by atoms with Crippen LogP contribution in [0.5, 0.6) is 0 Å². The van der Waals surface area contributed by atoms with E-state index in [1.54, 1.807) is 12.1 Å². The van der Waals surface area contributed by atoms with Gasteiger partial charge < -0.3 is 15.0 Å². The Bertz CT molecular complexity index is 1990. The molecule has 0 aliphatic rings. The van der Waals surface area contributed by atoms with E-state index in [1.165, 1.54) is 28.8 Å². The minimum absolute atomic E-state index is 0.0435. The van der Waals surface area contributed by atoms with Gasteiger partial charge in [-0.3, -0.25) is 10.1 Å². The van der Waals surface area contributed by atoms with Gasteiger partial charge in [0, 0.05) is 44.7 Å². The van der Waals surface area contributed by atoms with Crippen LogP contribution < -0.4 is 0 Å². The van der Waals surface area contributed by atoms with Crippen molar-refractivity contribution in [2.24, 2.45) is 0 Å². The normalized spacial score (nSPS) is 12.0. The van der Waals surface area contributed by atoms with Gasteiger partial charge in [0.1, 0.15) is 5.82 Å². The lowest BCUT2D eigenvalue weighted by atomic mass is 9.93. The van der Waals surface area contributed by atoms with Crippen molar-refractivity contribution in [2.45, 2.75) is 32.6 Å². The van der Waals surface area contributed by atoms with E-state index < -0.39 is 0 Å². The smallest absolute Gasteiger partial charge is 0.271 e. The summed E-state index contributed by atoms with van der Waals surface area (Å²) in [4.78, 5) is 26.8. The Kier molecular flexibility index (Phi) is 4.79. The number of hydrogen-bond donors (Lipinski definition) is 3. The highest BCUT2D eigenvalue weighted by molar-refractivity contribution is 6.26. The monoisotopic (exact) mass is 487 g/mol. The number of nitrogens with zero attached hydrogens (tertiary/aromatic N) is 2. The van der Waals surface area contributed by atoms with E-state index in [0.29, 0.717) is 16.9 Å². The van der Waals surface area contributed by atoms with Gasteiger partial charge in [0.05, 0.1) is 32.6 Å². The highest BCUT2D eigenvalue weighted by Crippen LogP contribution is 2.45. The molecule has 0 amide bonds. The molecule has 0 atom stereocenters. The first-order valence-corrected chi connectivity index (χ1v) is 12.7. The topological polar surface area (TPSA) is 103 Å². The van der Waals surface area contributed by atoms with Gasteiger partial charge in [-0.25, -0.2) is 4.98 Å². The molecule has 7 heteroatoms. The van der Waals surface area contributed by atoms with Crippen molar-refractivity contribution in [2.75, 3.05) is 0 Å². The number of non-ortho nitro benzene ring substituents is 1. The van der Waals surface area contributed by atoms with Gasteiger partial charge in [0.25, 0.3) is 5.69 Å². The Morgan fingerprint density at radius 1 is 0.811 bits per heavy atom. The lowest BCUT2D eigenvalue weighted by Crippen LogP contribution is -1.94. The molecule has 3 aromatic heterocycles. The molecule has 0 saturated carbocycles. The molecule has 3 N–H and O–H groups in total. The van der Waals surface area contributed by atoms with Crippen molar-refractivity contribution in [3.05, 3.63) is 82.4 Å². The Balaban J connectivity index is 1.65. The molecule has 0 aliphatic heterocycles. The summed E-state index contributed by atoms with van der Waals surface area (Å²) in [5.74, 6) is 0.696. The van der Waals surface area contributed by atoms with E-state index >= 15 is 0 Å². The standard InChI is InChI=1S/C30H25N5O2/c1-2-3-4-11-20-25-18-9-5-7-12-21(18)32-29(25)27(26-19-10-6-8-13-22(19)31-28(20)26)30-33-23-15-14-17(35(36)37)16-24(23)34-30/h5-10,12-16,31-32H,2-4,11H2,1H3,(H,33,34). The van der Waals surface area contributed by atoms with Crippen LogP contribution in [0.15, 0.2) is 66.7 Å². The number of rotatable bonds is 6. The summed E-state index contributed by atoms with van der Waals surface area (Å²) in [5.41, 5.74) is 8.03. The molecule has 0 unspecified atom stereocenters. The molecule has 7 rings (SSSR count). The first-order chi connectivity index (χ1) is 18.1. The van der Waals surface area contributed by atoms with Gasteiger partial charge in [-0.1, -0.05) is 56.2 Å². The maximum atomic E-state index is 11.4. The molecule has 0 radical (unpaired) electrons. The second kappa shape index (κ2) is 8.20. The predicted octanol–water partition coefficient (Wildman–Crippen LogP) is 8.14. The summed E-state index contributed by atoms with van der Waals surface area (Å²) < 4.78 is 0. The van der Waals surface area contributed by atoms with Crippen LogP contribution in [0.25, 0.3) is 66.0 Å². The fourth-order valence-electron chi connectivity index (χ4n) is 5.79. The van der Waals surface area contributed by atoms with Gasteiger partial charge >= 0.3 is 0 Å². The number of imidazole rings is 1.